The first-order chi connectivity index (χ1) is 10.2. The van der Waals surface area contributed by atoms with Crippen molar-refractivity contribution < 1.29 is 9.90 Å². The number of hydrogen-bond acceptors (Lipinski definition) is 2. The molecule has 3 nitrogen and oxygen atoms in total. The molecule has 0 heterocycles. The fraction of sp³-hybridized carbons (Fsp3) is 0.235. The monoisotopic (exact) mass is 337 g/mol. The van der Waals surface area contributed by atoms with Crippen molar-refractivity contribution >= 4 is 40.5 Å². The lowest BCUT2D eigenvalue weighted by Gasteiger charge is -2.20. The van der Waals surface area contributed by atoms with E-state index in [2.05, 4.69) is 26.1 Å². The molecular weight excluding hydrogens is 321 g/mol. The molecule has 2 aromatic rings. The molecule has 2 rings (SSSR count). The van der Waals surface area contributed by atoms with Crippen LogP contribution in [0.1, 0.15) is 36.7 Å². The number of carbonyl (C=O) groups is 1. The first-order valence-electron chi connectivity index (χ1n) is 6.79. The predicted octanol–water partition coefficient (Wildman–Crippen LogP) is 5.73. The van der Waals surface area contributed by atoms with Gasteiger partial charge in [0.2, 0.25) is 0 Å². The maximum Gasteiger partial charge on any atom is 0.337 e. The molecule has 0 aliphatic rings. The summed E-state index contributed by atoms with van der Waals surface area (Å²) in [4.78, 5) is 11.4. The van der Waals surface area contributed by atoms with Gasteiger partial charge in [-0.15, -0.1) is 0 Å². The van der Waals surface area contributed by atoms with Gasteiger partial charge in [0, 0.05) is 5.69 Å². The van der Waals surface area contributed by atoms with Gasteiger partial charge in [-0.3, -0.25) is 0 Å². The Hall–Kier alpha value is -1.71. The number of nitrogens with one attached hydrogen (secondary N) is 1. The van der Waals surface area contributed by atoms with Gasteiger partial charge in [-0.2, -0.15) is 0 Å². The molecule has 22 heavy (non-hydrogen) atoms. The van der Waals surface area contributed by atoms with Gasteiger partial charge in [-0.25, -0.2) is 4.79 Å². The highest BCUT2D eigenvalue weighted by Gasteiger charge is 2.18. The summed E-state index contributed by atoms with van der Waals surface area (Å²) < 4.78 is 0. The lowest BCUT2D eigenvalue weighted by atomic mass is 9.87. The lowest BCUT2D eigenvalue weighted by molar-refractivity contribution is 0.0698. The molecule has 0 fully saturated rings. The van der Waals surface area contributed by atoms with E-state index >= 15 is 0 Å². The van der Waals surface area contributed by atoms with Gasteiger partial charge in [0.05, 0.1) is 21.3 Å². The molecule has 0 saturated carbocycles. The molecule has 0 aliphatic heterocycles. The third-order valence-electron chi connectivity index (χ3n) is 3.32. The van der Waals surface area contributed by atoms with Gasteiger partial charge in [0.15, 0.2) is 0 Å². The standard InChI is InChI=1S/C17H17Cl2NO2/c1-17(2,3)10-5-4-6-11(9-10)20-15-12(16(21)22)7-8-13(18)14(15)19/h4-9,20H,1-3H3,(H,21,22). The van der Waals surface area contributed by atoms with E-state index in [9.17, 15) is 9.90 Å². The van der Waals surface area contributed by atoms with Gasteiger partial charge in [0.1, 0.15) is 0 Å². The van der Waals surface area contributed by atoms with E-state index in [1.165, 1.54) is 12.1 Å². The minimum atomic E-state index is -1.06. The van der Waals surface area contributed by atoms with Crippen molar-refractivity contribution in [3.05, 3.63) is 57.6 Å². The maximum absolute atomic E-state index is 11.4. The van der Waals surface area contributed by atoms with E-state index in [4.69, 9.17) is 23.2 Å². The van der Waals surface area contributed by atoms with Crippen molar-refractivity contribution in [3.8, 4) is 0 Å². The number of carboxylic acid groups (broad SMARTS) is 1. The van der Waals surface area contributed by atoms with Crippen LogP contribution < -0.4 is 5.32 Å². The van der Waals surface area contributed by atoms with Crippen molar-refractivity contribution in [2.45, 2.75) is 26.2 Å². The third kappa shape index (κ3) is 3.54. The number of benzene rings is 2. The highest BCUT2D eigenvalue weighted by atomic mass is 35.5. The van der Waals surface area contributed by atoms with Crippen molar-refractivity contribution in [2.24, 2.45) is 0 Å². The number of aromatic carboxylic acids is 1. The fourth-order valence-corrected chi connectivity index (χ4v) is 2.43. The quantitative estimate of drug-likeness (QED) is 0.751. The van der Waals surface area contributed by atoms with Crippen LogP contribution in [0.3, 0.4) is 0 Å². The second-order valence-corrected chi connectivity index (χ2v) is 6.83. The van der Waals surface area contributed by atoms with E-state index in [1.807, 2.05) is 24.3 Å². The number of carboxylic acids is 1. The van der Waals surface area contributed by atoms with Gasteiger partial charge >= 0.3 is 5.97 Å². The summed E-state index contributed by atoms with van der Waals surface area (Å²) >= 11 is 12.2. The molecule has 0 spiro atoms. The molecule has 0 aliphatic carbocycles. The molecule has 0 saturated heterocycles. The zero-order chi connectivity index (χ0) is 16.5. The Bertz CT molecular complexity index is 721. The molecule has 2 aromatic carbocycles. The van der Waals surface area contributed by atoms with Crippen LogP contribution in [0.25, 0.3) is 0 Å². The molecule has 2 N–H and O–H groups in total. The van der Waals surface area contributed by atoms with Gasteiger partial charge < -0.3 is 10.4 Å². The SMILES string of the molecule is CC(C)(C)c1cccc(Nc2c(C(=O)O)ccc(Cl)c2Cl)c1. The highest BCUT2D eigenvalue weighted by molar-refractivity contribution is 6.44. The molecule has 0 radical (unpaired) electrons. The average Bonchev–Trinajstić information content (AvgIpc) is 2.43. The Morgan fingerprint density at radius 3 is 2.41 bits per heavy atom. The maximum atomic E-state index is 11.4. The molecule has 0 amide bonds. The van der Waals surface area contributed by atoms with E-state index < -0.39 is 5.97 Å². The fourth-order valence-electron chi connectivity index (χ4n) is 2.06. The van der Waals surface area contributed by atoms with Crippen molar-refractivity contribution in [3.63, 3.8) is 0 Å². The third-order valence-corrected chi connectivity index (χ3v) is 4.13. The molecule has 0 unspecified atom stereocenters. The van der Waals surface area contributed by atoms with Crippen molar-refractivity contribution in [1.82, 2.24) is 0 Å². The topological polar surface area (TPSA) is 49.3 Å². The first kappa shape index (κ1) is 16.7. The van der Waals surface area contributed by atoms with Crippen LogP contribution in [0, 0.1) is 0 Å². The summed E-state index contributed by atoms with van der Waals surface area (Å²) in [5, 5.41) is 12.9. The Morgan fingerprint density at radius 1 is 1.14 bits per heavy atom. The highest BCUT2D eigenvalue weighted by Crippen LogP contribution is 2.36. The molecular formula is C17H17Cl2NO2. The van der Waals surface area contributed by atoms with Crippen LogP contribution in [0.4, 0.5) is 11.4 Å². The number of halogens is 2. The summed E-state index contributed by atoms with van der Waals surface area (Å²) in [6.07, 6.45) is 0. The second kappa shape index (κ2) is 6.19. The second-order valence-electron chi connectivity index (χ2n) is 6.04. The first-order valence-corrected chi connectivity index (χ1v) is 7.54. The van der Waals surface area contributed by atoms with Gasteiger partial charge in [-0.1, -0.05) is 56.1 Å². The van der Waals surface area contributed by atoms with Gasteiger partial charge in [0.25, 0.3) is 0 Å². The smallest absolute Gasteiger partial charge is 0.337 e. The number of hydrogen-bond donors (Lipinski definition) is 2. The summed E-state index contributed by atoms with van der Waals surface area (Å²) in [6, 6.07) is 10.7. The minimum absolute atomic E-state index is 0.00849. The van der Waals surface area contributed by atoms with Crippen LogP contribution in [-0.2, 0) is 5.41 Å². The zero-order valence-corrected chi connectivity index (χ0v) is 14.1. The molecule has 5 heteroatoms. The molecule has 0 bridgehead atoms. The van der Waals surface area contributed by atoms with E-state index in [0.29, 0.717) is 10.7 Å². The van der Waals surface area contributed by atoms with Crippen LogP contribution in [0.2, 0.25) is 10.0 Å². The summed E-state index contributed by atoms with van der Waals surface area (Å²) in [5.41, 5.74) is 2.26. The minimum Gasteiger partial charge on any atom is -0.478 e. The van der Waals surface area contributed by atoms with E-state index in [-0.39, 0.29) is 16.0 Å². The average molecular weight is 338 g/mol. The lowest BCUT2D eigenvalue weighted by Crippen LogP contribution is -2.11. The van der Waals surface area contributed by atoms with E-state index in [0.717, 1.165) is 11.3 Å². The molecule has 0 aromatic heterocycles. The van der Waals surface area contributed by atoms with Crippen LogP contribution >= 0.6 is 23.2 Å². The van der Waals surface area contributed by atoms with E-state index in [1.54, 1.807) is 0 Å². The molecule has 116 valence electrons. The summed E-state index contributed by atoms with van der Waals surface area (Å²) in [6.45, 7) is 6.34. The van der Waals surface area contributed by atoms with Crippen LogP contribution in [-0.4, -0.2) is 11.1 Å². The van der Waals surface area contributed by atoms with Crippen molar-refractivity contribution in [1.29, 1.82) is 0 Å². The molecule has 0 atom stereocenters. The normalized spacial score (nSPS) is 11.3. The number of rotatable bonds is 3. The Morgan fingerprint density at radius 2 is 1.82 bits per heavy atom. The predicted molar refractivity (Wildman–Crippen MR) is 91.8 cm³/mol. The van der Waals surface area contributed by atoms with Crippen molar-refractivity contribution in [2.75, 3.05) is 5.32 Å². The Balaban J connectivity index is 2.47. The summed E-state index contributed by atoms with van der Waals surface area (Å²) in [7, 11) is 0. The Kier molecular flexibility index (Phi) is 4.69. The Labute approximate surface area is 139 Å². The van der Waals surface area contributed by atoms with Crippen LogP contribution in [0.5, 0.6) is 0 Å². The number of anilines is 2. The zero-order valence-electron chi connectivity index (χ0n) is 12.6. The largest absolute Gasteiger partial charge is 0.478 e. The summed E-state index contributed by atoms with van der Waals surface area (Å²) in [5.74, 6) is -1.06. The van der Waals surface area contributed by atoms with Crippen LogP contribution in [0.15, 0.2) is 36.4 Å². The van der Waals surface area contributed by atoms with Gasteiger partial charge in [-0.05, 0) is 35.2 Å².